The first kappa shape index (κ1) is 11.0. The van der Waals surface area contributed by atoms with Crippen molar-refractivity contribution in [2.45, 2.75) is 24.4 Å². The largest absolute Gasteiger partial charge is 0.393 e. The smallest absolute Gasteiger partial charge is 0.137 e. The number of hydrogen-bond acceptors (Lipinski definition) is 4. The molecule has 0 aromatic heterocycles. The first-order valence-corrected chi connectivity index (χ1v) is 4.60. The van der Waals surface area contributed by atoms with E-state index in [1.165, 1.54) is 0 Å². The summed E-state index contributed by atoms with van der Waals surface area (Å²) >= 11 is 0. The monoisotopic (exact) mass is 188 g/mol. The summed E-state index contributed by atoms with van der Waals surface area (Å²) in [6.07, 6.45) is -0.897. The molecule has 0 aliphatic carbocycles. The Kier molecular flexibility index (Phi) is 3.35. The Labute approximate surface area is 78.9 Å². The lowest BCUT2D eigenvalue weighted by Crippen LogP contribution is -2.58. The van der Waals surface area contributed by atoms with Crippen molar-refractivity contribution in [3.8, 4) is 0 Å². The van der Waals surface area contributed by atoms with Crippen molar-refractivity contribution in [1.82, 2.24) is 0 Å². The highest BCUT2D eigenvalue weighted by Gasteiger charge is 2.44. The zero-order valence-corrected chi connectivity index (χ0v) is 8.10. The second-order valence-corrected chi connectivity index (χ2v) is 4.13. The van der Waals surface area contributed by atoms with Crippen LogP contribution in [0.15, 0.2) is 0 Å². The Hall–Kier alpha value is -0.0951. The molecule has 1 saturated heterocycles. The van der Waals surface area contributed by atoms with Gasteiger partial charge in [0.1, 0.15) is 13.4 Å². The quantitative estimate of drug-likeness (QED) is 0.445. The summed E-state index contributed by atoms with van der Waals surface area (Å²) < 4.78 is 5.15. The second kappa shape index (κ2) is 3.96. The van der Waals surface area contributed by atoms with E-state index in [2.05, 4.69) is 0 Å². The third-order valence-electron chi connectivity index (χ3n) is 2.75. The predicted molar refractivity (Wildman–Crippen MR) is 50.3 cm³/mol. The van der Waals surface area contributed by atoms with Crippen LogP contribution in [0.4, 0.5) is 0 Å². The standard InChI is InChI=1S/C8H17BO4/c1-5(9)6-2-13-4-8(12,3-10)7(6)11/h5-7,10-12H,2-4,9H2,1H3/t5-,6-,7?,8+/m1/s1. The molecule has 4 nitrogen and oxygen atoms in total. The molecule has 4 atom stereocenters. The van der Waals surface area contributed by atoms with Crippen LogP contribution in [0, 0.1) is 5.92 Å². The summed E-state index contributed by atoms with van der Waals surface area (Å²) in [4.78, 5) is 0. The van der Waals surface area contributed by atoms with Gasteiger partial charge < -0.3 is 20.1 Å². The SMILES string of the molecule is B[C@H](C)[C@H]1COC[C@@](O)(CO)C1O. The molecule has 0 spiro atoms. The predicted octanol–water partition coefficient (Wildman–Crippen LogP) is -1.84. The van der Waals surface area contributed by atoms with Crippen LogP contribution < -0.4 is 0 Å². The van der Waals surface area contributed by atoms with Gasteiger partial charge in [-0.1, -0.05) is 12.7 Å². The van der Waals surface area contributed by atoms with E-state index in [-0.39, 0.29) is 18.3 Å². The molecule has 0 radical (unpaired) electrons. The van der Waals surface area contributed by atoms with Crippen molar-refractivity contribution in [3.63, 3.8) is 0 Å². The molecule has 0 bridgehead atoms. The average Bonchev–Trinajstić information content (AvgIpc) is 2.09. The Bertz CT molecular complexity index is 176. The summed E-state index contributed by atoms with van der Waals surface area (Å²) in [5, 5.41) is 28.4. The minimum Gasteiger partial charge on any atom is -0.393 e. The molecule has 1 fully saturated rings. The number of hydrogen-bond donors (Lipinski definition) is 3. The van der Waals surface area contributed by atoms with Crippen LogP contribution in [0.3, 0.4) is 0 Å². The minimum absolute atomic E-state index is 0.00782. The van der Waals surface area contributed by atoms with Crippen LogP contribution in [0.5, 0.6) is 0 Å². The molecule has 1 heterocycles. The Morgan fingerprint density at radius 3 is 2.77 bits per heavy atom. The van der Waals surface area contributed by atoms with Gasteiger partial charge in [0.15, 0.2) is 0 Å². The van der Waals surface area contributed by atoms with E-state index >= 15 is 0 Å². The molecule has 1 rings (SSSR count). The first-order chi connectivity index (χ1) is 6.01. The normalized spacial score (nSPS) is 43.1. The number of aliphatic hydroxyl groups is 3. The van der Waals surface area contributed by atoms with Gasteiger partial charge in [-0.15, -0.1) is 0 Å². The fourth-order valence-electron chi connectivity index (χ4n) is 1.64. The molecule has 1 unspecified atom stereocenters. The van der Waals surface area contributed by atoms with Gasteiger partial charge in [-0.25, -0.2) is 0 Å². The first-order valence-electron chi connectivity index (χ1n) is 4.60. The zero-order chi connectivity index (χ0) is 10.1. The highest BCUT2D eigenvalue weighted by atomic mass is 16.5. The third kappa shape index (κ3) is 2.04. The van der Waals surface area contributed by atoms with Crippen LogP contribution in [0.25, 0.3) is 0 Å². The van der Waals surface area contributed by atoms with Gasteiger partial charge in [0.25, 0.3) is 0 Å². The van der Waals surface area contributed by atoms with Crippen LogP contribution in [-0.4, -0.2) is 54.7 Å². The van der Waals surface area contributed by atoms with E-state index in [9.17, 15) is 10.2 Å². The molecular formula is C8H17BO4. The molecule has 3 N–H and O–H groups in total. The summed E-state index contributed by atoms with van der Waals surface area (Å²) in [5.74, 6) is 0.124. The summed E-state index contributed by atoms with van der Waals surface area (Å²) in [7, 11) is 1.96. The topological polar surface area (TPSA) is 69.9 Å². The van der Waals surface area contributed by atoms with Crippen LogP contribution >= 0.6 is 0 Å². The third-order valence-corrected chi connectivity index (χ3v) is 2.75. The van der Waals surface area contributed by atoms with Gasteiger partial charge >= 0.3 is 0 Å². The van der Waals surface area contributed by atoms with Gasteiger partial charge in [0.05, 0.1) is 25.9 Å². The zero-order valence-electron chi connectivity index (χ0n) is 8.10. The molecule has 5 heteroatoms. The molecule has 0 aromatic carbocycles. The maximum absolute atomic E-state index is 9.77. The molecule has 0 saturated carbocycles. The van der Waals surface area contributed by atoms with Gasteiger partial charge in [0, 0.05) is 5.92 Å². The highest BCUT2D eigenvalue weighted by Crippen LogP contribution is 2.30. The molecule has 0 amide bonds. The average molecular weight is 188 g/mol. The van der Waals surface area contributed by atoms with Crippen molar-refractivity contribution in [2.24, 2.45) is 5.92 Å². The molecule has 1 aliphatic rings. The van der Waals surface area contributed by atoms with Crippen LogP contribution in [0.2, 0.25) is 5.82 Å². The van der Waals surface area contributed by atoms with E-state index in [1.54, 1.807) is 0 Å². The maximum Gasteiger partial charge on any atom is 0.137 e. The summed E-state index contributed by atoms with van der Waals surface area (Å²) in [5.41, 5.74) is -1.48. The maximum atomic E-state index is 9.77. The molecule has 1 aliphatic heterocycles. The Morgan fingerprint density at radius 1 is 1.69 bits per heavy atom. The van der Waals surface area contributed by atoms with Gasteiger partial charge in [-0.05, 0) is 0 Å². The number of aliphatic hydroxyl groups excluding tert-OH is 2. The van der Waals surface area contributed by atoms with Crippen molar-refractivity contribution in [2.75, 3.05) is 19.8 Å². The van der Waals surface area contributed by atoms with Crippen LogP contribution in [0.1, 0.15) is 6.92 Å². The van der Waals surface area contributed by atoms with E-state index in [0.29, 0.717) is 6.61 Å². The van der Waals surface area contributed by atoms with Crippen molar-refractivity contribution in [3.05, 3.63) is 0 Å². The minimum atomic E-state index is -1.48. The number of rotatable bonds is 2. The highest BCUT2D eigenvalue weighted by molar-refractivity contribution is 6.11. The Morgan fingerprint density at radius 2 is 2.31 bits per heavy atom. The van der Waals surface area contributed by atoms with Gasteiger partial charge in [-0.3, -0.25) is 0 Å². The van der Waals surface area contributed by atoms with Gasteiger partial charge in [-0.2, -0.15) is 0 Å². The van der Waals surface area contributed by atoms with E-state index in [0.717, 1.165) is 0 Å². The Balaban J connectivity index is 2.71. The van der Waals surface area contributed by atoms with E-state index in [1.807, 2.05) is 14.8 Å². The van der Waals surface area contributed by atoms with E-state index < -0.39 is 18.3 Å². The fraction of sp³-hybridized carbons (Fsp3) is 1.00. The summed E-state index contributed by atoms with van der Waals surface area (Å²) in [6, 6.07) is 0. The molecular weight excluding hydrogens is 171 g/mol. The van der Waals surface area contributed by atoms with Crippen molar-refractivity contribution in [1.29, 1.82) is 0 Å². The lowest BCUT2D eigenvalue weighted by molar-refractivity contribution is -0.201. The molecule has 13 heavy (non-hydrogen) atoms. The van der Waals surface area contributed by atoms with Gasteiger partial charge in [0.2, 0.25) is 0 Å². The summed E-state index contributed by atoms with van der Waals surface area (Å²) in [6.45, 7) is 1.95. The lowest BCUT2D eigenvalue weighted by Gasteiger charge is -2.42. The second-order valence-electron chi connectivity index (χ2n) is 4.13. The van der Waals surface area contributed by atoms with Crippen LogP contribution in [-0.2, 0) is 4.74 Å². The van der Waals surface area contributed by atoms with Crippen molar-refractivity contribution < 1.29 is 20.1 Å². The lowest BCUT2D eigenvalue weighted by atomic mass is 9.71. The van der Waals surface area contributed by atoms with E-state index in [4.69, 9.17) is 9.84 Å². The molecule has 0 aromatic rings. The fourth-order valence-corrected chi connectivity index (χ4v) is 1.64. The number of ether oxygens (including phenoxy) is 1. The molecule has 76 valence electrons. The van der Waals surface area contributed by atoms with Crippen molar-refractivity contribution >= 4 is 7.85 Å².